The van der Waals surface area contributed by atoms with E-state index >= 15 is 0 Å². The number of methoxy groups -OCH3 is 3. The lowest BCUT2D eigenvalue weighted by Gasteiger charge is -2.15. The van der Waals surface area contributed by atoms with Crippen molar-refractivity contribution in [3.8, 4) is 22.8 Å². The predicted octanol–water partition coefficient (Wildman–Crippen LogP) is 4.53. The van der Waals surface area contributed by atoms with Crippen molar-refractivity contribution in [3.05, 3.63) is 63.8 Å². The molecule has 2 N–H and O–H groups in total. The Balaban J connectivity index is 2.00. The average molecular weight is 441 g/mol. The molecule has 1 aliphatic rings. The number of hydrogen-bond donors (Lipinski definition) is 2. The van der Waals surface area contributed by atoms with Crippen molar-refractivity contribution in [2.24, 2.45) is 0 Å². The lowest BCUT2D eigenvalue weighted by molar-refractivity contribution is -0.116. The van der Waals surface area contributed by atoms with Gasteiger partial charge in [0.05, 0.1) is 49.2 Å². The second-order valence-corrected chi connectivity index (χ2v) is 7.51. The van der Waals surface area contributed by atoms with E-state index in [1.165, 1.54) is 7.11 Å². The van der Waals surface area contributed by atoms with Gasteiger partial charge in [-0.15, -0.1) is 0 Å². The summed E-state index contributed by atoms with van der Waals surface area (Å²) in [6.07, 6.45) is 0. The number of fused-ring (bicyclic) bond motifs is 1. The zero-order chi connectivity index (χ0) is 22.3. The van der Waals surface area contributed by atoms with Crippen LogP contribution in [-0.4, -0.2) is 38.2 Å². The summed E-state index contributed by atoms with van der Waals surface area (Å²) in [5.74, 6) is -0.444. The second-order valence-electron chi connectivity index (χ2n) is 7.10. The van der Waals surface area contributed by atoms with E-state index in [-0.39, 0.29) is 5.91 Å². The first-order chi connectivity index (χ1) is 14.9. The highest BCUT2D eigenvalue weighted by Crippen LogP contribution is 2.46. The zero-order valence-electron chi connectivity index (χ0n) is 17.5. The monoisotopic (exact) mass is 440 g/mol. The van der Waals surface area contributed by atoms with E-state index in [0.29, 0.717) is 50.3 Å². The summed E-state index contributed by atoms with van der Waals surface area (Å²) in [6, 6.07) is 10.7. The Labute approximate surface area is 184 Å². The number of rotatable bonds is 5. The third-order valence-electron chi connectivity index (χ3n) is 5.44. The van der Waals surface area contributed by atoms with Crippen molar-refractivity contribution in [3.63, 3.8) is 0 Å². The number of hydrogen-bond acceptors (Lipinski definition) is 5. The SMILES string of the molecule is COC(=O)c1c(C)[nH]c(-c2ccc(OC)c(OC)c2)c1[C@@H]1C(=O)Nc2c(Cl)cccc21. The topological polar surface area (TPSA) is 89.7 Å². The van der Waals surface area contributed by atoms with Gasteiger partial charge in [-0.2, -0.15) is 0 Å². The third kappa shape index (κ3) is 3.31. The molecule has 1 aliphatic heterocycles. The van der Waals surface area contributed by atoms with E-state index in [2.05, 4.69) is 10.3 Å². The summed E-state index contributed by atoms with van der Waals surface area (Å²) in [7, 11) is 4.42. The Kier molecular flexibility index (Phi) is 5.37. The van der Waals surface area contributed by atoms with Gasteiger partial charge in [-0.1, -0.05) is 23.7 Å². The average Bonchev–Trinajstić information content (AvgIpc) is 3.29. The maximum absolute atomic E-state index is 13.1. The van der Waals surface area contributed by atoms with Crippen molar-refractivity contribution in [1.82, 2.24) is 4.98 Å². The molecule has 0 aliphatic carbocycles. The van der Waals surface area contributed by atoms with E-state index in [1.807, 2.05) is 12.1 Å². The van der Waals surface area contributed by atoms with Crippen molar-refractivity contribution in [2.45, 2.75) is 12.8 Å². The Morgan fingerprint density at radius 1 is 1.06 bits per heavy atom. The highest BCUT2D eigenvalue weighted by atomic mass is 35.5. The van der Waals surface area contributed by atoms with Gasteiger partial charge in [-0.05, 0) is 36.8 Å². The molecule has 0 radical (unpaired) electrons. The van der Waals surface area contributed by atoms with Crippen LogP contribution < -0.4 is 14.8 Å². The van der Waals surface area contributed by atoms with Crippen LogP contribution in [0.25, 0.3) is 11.3 Å². The van der Waals surface area contributed by atoms with Crippen molar-refractivity contribution in [2.75, 3.05) is 26.6 Å². The smallest absolute Gasteiger partial charge is 0.340 e. The highest BCUT2D eigenvalue weighted by molar-refractivity contribution is 6.34. The van der Waals surface area contributed by atoms with E-state index in [0.717, 1.165) is 5.56 Å². The van der Waals surface area contributed by atoms with Crippen LogP contribution in [-0.2, 0) is 9.53 Å². The van der Waals surface area contributed by atoms with Gasteiger partial charge in [-0.3, -0.25) is 4.79 Å². The van der Waals surface area contributed by atoms with Gasteiger partial charge in [0, 0.05) is 16.8 Å². The van der Waals surface area contributed by atoms with Gasteiger partial charge in [0.15, 0.2) is 11.5 Å². The van der Waals surface area contributed by atoms with Gasteiger partial charge < -0.3 is 24.5 Å². The molecular formula is C23H21ClN2O5. The van der Waals surface area contributed by atoms with Gasteiger partial charge in [0.25, 0.3) is 0 Å². The molecule has 7 nitrogen and oxygen atoms in total. The minimum Gasteiger partial charge on any atom is -0.493 e. The molecular weight excluding hydrogens is 420 g/mol. The number of aromatic amines is 1. The van der Waals surface area contributed by atoms with Crippen LogP contribution >= 0.6 is 11.6 Å². The number of H-pyrrole nitrogens is 1. The van der Waals surface area contributed by atoms with Crippen LogP contribution in [0.2, 0.25) is 5.02 Å². The Bertz CT molecular complexity index is 1200. The lowest BCUT2D eigenvalue weighted by Crippen LogP contribution is -2.17. The number of esters is 1. The summed E-state index contributed by atoms with van der Waals surface area (Å²) in [6.45, 7) is 1.77. The summed E-state index contributed by atoms with van der Waals surface area (Å²) in [5, 5.41) is 3.28. The predicted molar refractivity (Wildman–Crippen MR) is 117 cm³/mol. The summed E-state index contributed by atoms with van der Waals surface area (Å²) >= 11 is 6.31. The molecule has 0 unspecified atom stereocenters. The zero-order valence-corrected chi connectivity index (χ0v) is 18.2. The van der Waals surface area contributed by atoms with Crippen molar-refractivity contribution in [1.29, 1.82) is 0 Å². The third-order valence-corrected chi connectivity index (χ3v) is 5.76. The van der Waals surface area contributed by atoms with Crippen LogP contribution in [0.1, 0.15) is 33.1 Å². The molecule has 1 atom stereocenters. The molecule has 0 spiro atoms. The normalized spacial score (nSPS) is 14.7. The van der Waals surface area contributed by atoms with Gasteiger partial charge >= 0.3 is 5.97 Å². The van der Waals surface area contributed by atoms with Gasteiger partial charge in [-0.25, -0.2) is 4.79 Å². The lowest BCUT2D eigenvalue weighted by atomic mass is 9.87. The molecule has 2 heterocycles. The van der Waals surface area contributed by atoms with Crippen LogP contribution in [0.4, 0.5) is 5.69 Å². The molecule has 1 aromatic heterocycles. The fourth-order valence-corrected chi connectivity index (χ4v) is 4.28. The first-order valence-corrected chi connectivity index (χ1v) is 9.91. The standard InChI is InChI=1S/C23H21ClN2O5/c1-11-17(23(28)31-4)19(18-13-6-5-7-14(24)21(13)26-22(18)27)20(25-11)12-8-9-15(29-2)16(10-12)30-3/h5-10,18,25H,1-4H3,(H,26,27)/t18-/m1/s1. The van der Waals surface area contributed by atoms with Crippen LogP contribution in [0.3, 0.4) is 0 Å². The molecule has 0 fully saturated rings. The number of benzene rings is 2. The van der Waals surface area contributed by atoms with Crippen LogP contribution in [0.5, 0.6) is 11.5 Å². The largest absolute Gasteiger partial charge is 0.493 e. The Hall–Kier alpha value is -3.45. The fraction of sp³-hybridized carbons (Fsp3) is 0.217. The Morgan fingerprint density at radius 3 is 2.48 bits per heavy atom. The van der Waals surface area contributed by atoms with E-state index in [1.54, 1.807) is 45.4 Å². The number of aromatic nitrogens is 1. The Morgan fingerprint density at radius 2 is 1.81 bits per heavy atom. The highest BCUT2D eigenvalue weighted by Gasteiger charge is 2.39. The summed E-state index contributed by atoms with van der Waals surface area (Å²) in [4.78, 5) is 29.1. The van der Waals surface area contributed by atoms with Crippen molar-refractivity contribution < 1.29 is 23.8 Å². The fourth-order valence-electron chi connectivity index (χ4n) is 4.05. The molecule has 31 heavy (non-hydrogen) atoms. The first-order valence-electron chi connectivity index (χ1n) is 9.53. The van der Waals surface area contributed by atoms with Crippen molar-refractivity contribution >= 4 is 29.2 Å². The minimum atomic E-state index is -0.740. The number of ether oxygens (including phenoxy) is 3. The maximum atomic E-state index is 13.1. The van der Waals surface area contributed by atoms with Gasteiger partial charge in [0.1, 0.15) is 0 Å². The quantitative estimate of drug-likeness (QED) is 0.569. The second kappa shape index (κ2) is 8.00. The molecule has 1 amide bonds. The van der Waals surface area contributed by atoms with E-state index in [4.69, 9.17) is 25.8 Å². The molecule has 8 heteroatoms. The molecule has 4 rings (SSSR count). The summed E-state index contributed by atoms with van der Waals surface area (Å²) < 4.78 is 15.8. The molecule has 3 aromatic rings. The molecule has 0 bridgehead atoms. The van der Waals surface area contributed by atoms with E-state index in [9.17, 15) is 9.59 Å². The van der Waals surface area contributed by atoms with Gasteiger partial charge in [0.2, 0.25) is 5.91 Å². The number of amides is 1. The molecule has 2 aromatic carbocycles. The first kappa shape index (κ1) is 20.8. The molecule has 160 valence electrons. The van der Waals surface area contributed by atoms with Crippen LogP contribution in [0, 0.1) is 6.92 Å². The summed E-state index contributed by atoms with van der Waals surface area (Å²) in [5.41, 5.74) is 4.03. The van der Waals surface area contributed by atoms with Crippen LogP contribution in [0.15, 0.2) is 36.4 Å². The number of nitrogens with one attached hydrogen (secondary N) is 2. The molecule has 0 saturated carbocycles. The minimum absolute atomic E-state index is 0.269. The number of anilines is 1. The number of carbonyl (C=O) groups is 2. The number of halogens is 1. The maximum Gasteiger partial charge on any atom is 0.340 e. The number of carbonyl (C=O) groups excluding carboxylic acids is 2. The molecule has 0 saturated heterocycles. The number of para-hydroxylation sites is 1. The van der Waals surface area contributed by atoms with E-state index < -0.39 is 11.9 Å². The number of aryl methyl sites for hydroxylation is 1.